The van der Waals surface area contributed by atoms with E-state index in [4.69, 9.17) is 39.5 Å². The van der Waals surface area contributed by atoms with Gasteiger partial charge in [-0.2, -0.15) is 0 Å². The second-order valence-corrected chi connectivity index (χ2v) is 3.47. The van der Waals surface area contributed by atoms with Gasteiger partial charge in [0.05, 0.1) is 22.2 Å². The summed E-state index contributed by atoms with van der Waals surface area (Å²) in [7, 11) is 1.19. The maximum Gasteiger partial charge on any atom is 0.513 e. The van der Waals surface area contributed by atoms with Crippen molar-refractivity contribution in [2.45, 2.75) is 0 Å². The molecule has 0 radical (unpaired) electrons. The lowest BCUT2D eigenvalue weighted by Gasteiger charge is -2.05. The number of ether oxygens (including phenoxy) is 2. The lowest BCUT2D eigenvalue weighted by atomic mass is 10.3. The molecular weight excluding hydrogens is 250 g/mol. The van der Waals surface area contributed by atoms with E-state index >= 15 is 0 Å². The van der Waals surface area contributed by atoms with Crippen LogP contribution in [0.1, 0.15) is 0 Å². The molecule has 0 heterocycles. The van der Waals surface area contributed by atoms with Crippen molar-refractivity contribution in [2.75, 3.05) is 7.11 Å². The Morgan fingerprint density at radius 2 is 1.71 bits per heavy atom. The normalized spacial score (nSPS) is 9.71. The molecule has 0 aliphatic rings. The first-order chi connectivity index (χ1) is 6.54. The van der Waals surface area contributed by atoms with Crippen LogP contribution >= 0.6 is 34.8 Å². The third-order valence-electron chi connectivity index (χ3n) is 1.33. The fourth-order valence-corrected chi connectivity index (χ4v) is 1.29. The minimum Gasteiger partial charge on any atom is -0.437 e. The standard InChI is InChI=1S/C8H5Cl3O3/c1-13-8(12)14-7-3-5(10)4(9)2-6(7)11/h2-3H,1H3. The van der Waals surface area contributed by atoms with Gasteiger partial charge in [-0.1, -0.05) is 34.8 Å². The summed E-state index contributed by atoms with van der Waals surface area (Å²) in [6.07, 6.45) is -0.870. The highest BCUT2D eigenvalue weighted by Crippen LogP contribution is 2.33. The predicted molar refractivity (Wildman–Crippen MR) is 54.5 cm³/mol. The van der Waals surface area contributed by atoms with E-state index in [0.29, 0.717) is 0 Å². The zero-order valence-electron chi connectivity index (χ0n) is 7.01. The van der Waals surface area contributed by atoms with Gasteiger partial charge in [-0.25, -0.2) is 4.79 Å². The lowest BCUT2D eigenvalue weighted by molar-refractivity contribution is 0.121. The van der Waals surface area contributed by atoms with E-state index in [1.165, 1.54) is 19.2 Å². The molecule has 0 aromatic heterocycles. The smallest absolute Gasteiger partial charge is 0.437 e. The molecule has 0 saturated carbocycles. The molecule has 1 aromatic rings. The molecule has 0 saturated heterocycles. The number of rotatable bonds is 1. The average Bonchev–Trinajstić information content (AvgIpc) is 2.14. The third kappa shape index (κ3) is 2.67. The Morgan fingerprint density at radius 3 is 2.29 bits per heavy atom. The van der Waals surface area contributed by atoms with Crippen molar-refractivity contribution in [1.82, 2.24) is 0 Å². The molecule has 3 nitrogen and oxygen atoms in total. The highest BCUT2D eigenvalue weighted by atomic mass is 35.5. The monoisotopic (exact) mass is 254 g/mol. The summed E-state index contributed by atoms with van der Waals surface area (Å²) >= 11 is 17.1. The largest absolute Gasteiger partial charge is 0.513 e. The Bertz CT molecular complexity index is 365. The van der Waals surface area contributed by atoms with Gasteiger partial charge in [0.1, 0.15) is 0 Å². The van der Waals surface area contributed by atoms with Gasteiger partial charge in [-0.05, 0) is 6.07 Å². The first kappa shape index (κ1) is 11.4. The molecular formula is C8H5Cl3O3. The zero-order valence-corrected chi connectivity index (χ0v) is 9.28. The Morgan fingerprint density at radius 1 is 1.14 bits per heavy atom. The van der Waals surface area contributed by atoms with Gasteiger partial charge in [0.25, 0.3) is 0 Å². The number of hydrogen-bond donors (Lipinski definition) is 0. The van der Waals surface area contributed by atoms with Crippen LogP contribution < -0.4 is 4.74 Å². The molecule has 0 N–H and O–H groups in total. The molecule has 0 fully saturated rings. The van der Waals surface area contributed by atoms with Crippen molar-refractivity contribution in [3.05, 3.63) is 27.2 Å². The fraction of sp³-hybridized carbons (Fsp3) is 0.125. The number of hydrogen-bond acceptors (Lipinski definition) is 3. The molecule has 14 heavy (non-hydrogen) atoms. The van der Waals surface area contributed by atoms with E-state index in [1.807, 2.05) is 0 Å². The molecule has 0 aliphatic carbocycles. The van der Waals surface area contributed by atoms with Crippen LogP contribution in [0.15, 0.2) is 12.1 Å². The summed E-state index contributed by atoms with van der Waals surface area (Å²) in [6.45, 7) is 0. The molecule has 0 spiro atoms. The molecule has 0 atom stereocenters. The van der Waals surface area contributed by atoms with Crippen molar-refractivity contribution < 1.29 is 14.3 Å². The molecule has 1 aromatic carbocycles. The van der Waals surface area contributed by atoms with Crippen LogP contribution in [0.5, 0.6) is 5.75 Å². The average molecular weight is 255 g/mol. The van der Waals surface area contributed by atoms with Gasteiger partial charge in [0.2, 0.25) is 0 Å². The van der Waals surface area contributed by atoms with Crippen LogP contribution in [0, 0.1) is 0 Å². The Hall–Kier alpha value is -0.640. The molecule has 76 valence electrons. The predicted octanol–water partition coefficient (Wildman–Crippen LogP) is 3.79. The third-order valence-corrected chi connectivity index (χ3v) is 2.35. The van der Waals surface area contributed by atoms with E-state index < -0.39 is 6.16 Å². The van der Waals surface area contributed by atoms with Crippen molar-refractivity contribution in [2.24, 2.45) is 0 Å². The van der Waals surface area contributed by atoms with Gasteiger partial charge in [0, 0.05) is 6.07 Å². The SMILES string of the molecule is COC(=O)Oc1cc(Cl)c(Cl)cc1Cl. The molecule has 0 bridgehead atoms. The van der Waals surface area contributed by atoms with Gasteiger partial charge in [-0.3, -0.25) is 0 Å². The maximum atomic E-state index is 10.8. The quantitative estimate of drug-likeness (QED) is 0.435. The minimum absolute atomic E-state index is 0.105. The van der Waals surface area contributed by atoms with Crippen LogP contribution in [0.25, 0.3) is 0 Å². The summed E-state index contributed by atoms with van der Waals surface area (Å²) < 4.78 is 8.98. The number of methoxy groups -OCH3 is 1. The number of carbonyl (C=O) groups excluding carboxylic acids is 1. The van der Waals surface area contributed by atoms with Crippen LogP contribution in [-0.4, -0.2) is 13.3 Å². The first-order valence-electron chi connectivity index (χ1n) is 3.45. The second-order valence-electron chi connectivity index (χ2n) is 2.25. The summed E-state index contributed by atoms with van der Waals surface area (Å²) in [5, 5.41) is 0.716. The van der Waals surface area contributed by atoms with Gasteiger partial charge in [-0.15, -0.1) is 0 Å². The number of halogens is 3. The highest BCUT2D eigenvalue weighted by molar-refractivity contribution is 6.43. The van der Waals surface area contributed by atoms with Crippen molar-refractivity contribution >= 4 is 41.0 Å². The van der Waals surface area contributed by atoms with Crippen LogP contribution in [0.4, 0.5) is 4.79 Å². The van der Waals surface area contributed by atoms with Crippen LogP contribution in [-0.2, 0) is 4.74 Å². The lowest BCUT2D eigenvalue weighted by Crippen LogP contribution is -2.07. The Balaban J connectivity index is 2.98. The van der Waals surface area contributed by atoms with Crippen molar-refractivity contribution in [3.63, 3.8) is 0 Å². The van der Waals surface area contributed by atoms with Gasteiger partial charge < -0.3 is 9.47 Å². The van der Waals surface area contributed by atoms with Crippen LogP contribution in [0.2, 0.25) is 15.1 Å². The maximum absolute atomic E-state index is 10.8. The molecule has 6 heteroatoms. The fourth-order valence-electron chi connectivity index (χ4n) is 0.714. The molecule has 1 rings (SSSR count). The van der Waals surface area contributed by atoms with E-state index in [2.05, 4.69) is 4.74 Å². The van der Waals surface area contributed by atoms with E-state index in [9.17, 15) is 4.79 Å². The van der Waals surface area contributed by atoms with E-state index in [0.717, 1.165) is 0 Å². The first-order valence-corrected chi connectivity index (χ1v) is 4.58. The highest BCUT2D eigenvalue weighted by Gasteiger charge is 2.11. The summed E-state index contributed by atoms with van der Waals surface area (Å²) in [4.78, 5) is 10.8. The number of carbonyl (C=O) groups is 1. The Labute approximate surface area is 95.5 Å². The van der Waals surface area contributed by atoms with E-state index in [1.54, 1.807) is 0 Å². The van der Waals surface area contributed by atoms with Gasteiger partial charge >= 0.3 is 6.16 Å². The zero-order chi connectivity index (χ0) is 10.7. The molecule has 0 amide bonds. The van der Waals surface area contributed by atoms with Crippen molar-refractivity contribution in [3.8, 4) is 5.75 Å². The molecule has 0 aliphatic heterocycles. The topological polar surface area (TPSA) is 35.5 Å². The van der Waals surface area contributed by atoms with E-state index in [-0.39, 0.29) is 20.8 Å². The second kappa shape index (κ2) is 4.73. The Kier molecular flexibility index (Phi) is 3.86. The minimum atomic E-state index is -0.870. The molecule has 0 unspecified atom stereocenters. The summed E-state index contributed by atoms with van der Waals surface area (Å²) in [5.74, 6) is 0.105. The van der Waals surface area contributed by atoms with Crippen molar-refractivity contribution in [1.29, 1.82) is 0 Å². The summed E-state index contributed by atoms with van der Waals surface area (Å²) in [5.41, 5.74) is 0. The van der Waals surface area contributed by atoms with Crippen LogP contribution in [0.3, 0.4) is 0 Å². The van der Waals surface area contributed by atoms with Gasteiger partial charge in [0.15, 0.2) is 5.75 Å². The summed E-state index contributed by atoms with van der Waals surface area (Å²) in [6, 6.07) is 2.72. The number of benzene rings is 1.